The summed E-state index contributed by atoms with van der Waals surface area (Å²) in [6.45, 7) is 14.3. The zero-order valence-corrected chi connectivity index (χ0v) is 20.1. The Hall–Kier alpha value is -3.60. The van der Waals surface area contributed by atoms with E-state index in [2.05, 4.69) is 63.7 Å². The summed E-state index contributed by atoms with van der Waals surface area (Å²) >= 11 is 0. The predicted molar refractivity (Wildman–Crippen MR) is 140 cm³/mol. The molecule has 5 nitrogen and oxygen atoms in total. The quantitative estimate of drug-likeness (QED) is 0.289. The van der Waals surface area contributed by atoms with Crippen LogP contribution in [0.2, 0.25) is 0 Å². The molecular formula is C27H35N5. The van der Waals surface area contributed by atoms with Crippen molar-refractivity contribution in [2.45, 2.75) is 41.0 Å². The van der Waals surface area contributed by atoms with Crippen LogP contribution in [0.4, 0.5) is 17.2 Å². The summed E-state index contributed by atoms with van der Waals surface area (Å²) in [6.07, 6.45) is 14.8. The molecule has 0 radical (unpaired) electrons. The fourth-order valence-electron chi connectivity index (χ4n) is 3.26. The molecule has 0 aliphatic rings. The topological polar surface area (TPSA) is 54.2 Å². The maximum absolute atomic E-state index is 4.63. The fraction of sp³-hybridized carbons (Fsp3) is 0.259. The third kappa shape index (κ3) is 5.97. The van der Waals surface area contributed by atoms with Gasteiger partial charge in [0.1, 0.15) is 0 Å². The van der Waals surface area contributed by atoms with E-state index in [0.717, 1.165) is 40.3 Å². The van der Waals surface area contributed by atoms with Crippen molar-refractivity contribution in [1.29, 1.82) is 0 Å². The summed E-state index contributed by atoms with van der Waals surface area (Å²) in [4.78, 5) is 9.14. The highest BCUT2D eigenvalue weighted by Gasteiger charge is 2.11. The molecule has 0 amide bonds. The van der Waals surface area contributed by atoms with Crippen molar-refractivity contribution in [3.63, 3.8) is 0 Å². The zero-order chi connectivity index (χ0) is 23.5. The van der Waals surface area contributed by atoms with E-state index in [0.29, 0.717) is 5.82 Å². The molecule has 2 N–H and O–H groups in total. The van der Waals surface area contributed by atoms with Crippen molar-refractivity contribution in [3.05, 3.63) is 90.6 Å². The van der Waals surface area contributed by atoms with E-state index in [1.807, 2.05) is 70.6 Å². The van der Waals surface area contributed by atoms with Crippen LogP contribution in [0.1, 0.15) is 46.7 Å². The molecular weight excluding hydrogens is 394 g/mol. The molecule has 0 unspecified atom stereocenters. The first kappa shape index (κ1) is 24.7. The number of anilines is 3. The molecule has 168 valence electrons. The van der Waals surface area contributed by atoms with E-state index in [4.69, 9.17) is 0 Å². The molecule has 5 heteroatoms. The van der Waals surface area contributed by atoms with Crippen molar-refractivity contribution in [2.75, 3.05) is 17.7 Å². The second kappa shape index (κ2) is 12.3. The number of aromatic nitrogens is 3. The largest absolute Gasteiger partial charge is 0.388 e. The van der Waals surface area contributed by atoms with Crippen LogP contribution in [0.25, 0.3) is 11.2 Å². The Labute approximate surface area is 192 Å². The van der Waals surface area contributed by atoms with Gasteiger partial charge in [0, 0.05) is 30.8 Å². The molecule has 1 aromatic carbocycles. The number of allylic oxidation sites excluding steroid dienone is 7. The van der Waals surface area contributed by atoms with Gasteiger partial charge in [-0.15, -0.1) is 0 Å². The maximum atomic E-state index is 4.63. The van der Waals surface area contributed by atoms with E-state index in [-0.39, 0.29) is 0 Å². The van der Waals surface area contributed by atoms with Crippen molar-refractivity contribution in [2.24, 2.45) is 0 Å². The van der Waals surface area contributed by atoms with Crippen molar-refractivity contribution in [1.82, 2.24) is 14.4 Å². The van der Waals surface area contributed by atoms with Crippen LogP contribution in [-0.4, -0.2) is 21.4 Å². The molecule has 2 aromatic heterocycles. The van der Waals surface area contributed by atoms with Crippen LogP contribution in [-0.2, 0) is 0 Å². The van der Waals surface area contributed by atoms with E-state index < -0.39 is 0 Å². The van der Waals surface area contributed by atoms with Gasteiger partial charge in [-0.05, 0) is 62.6 Å². The Kier molecular flexibility index (Phi) is 9.48. The molecule has 2 heterocycles. The van der Waals surface area contributed by atoms with Gasteiger partial charge < -0.3 is 10.6 Å². The number of rotatable bonds is 8. The summed E-state index contributed by atoms with van der Waals surface area (Å²) in [7, 11) is 1.90. The fourth-order valence-corrected chi connectivity index (χ4v) is 3.26. The lowest BCUT2D eigenvalue weighted by Gasteiger charge is -2.10. The summed E-state index contributed by atoms with van der Waals surface area (Å²) in [6, 6.07) is 8.06. The second-order valence-electron chi connectivity index (χ2n) is 7.11. The molecule has 3 aromatic rings. The highest BCUT2D eigenvalue weighted by molar-refractivity contribution is 5.75. The van der Waals surface area contributed by atoms with E-state index in [9.17, 15) is 0 Å². The summed E-state index contributed by atoms with van der Waals surface area (Å²) in [5.74, 6) is 0.716. The summed E-state index contributed by atoms with van der Waals surface area (Å²) in [5, 5.41) is 6.53. The highest BCUT2D eigenvalue weighted by Crippen LogP contribution is 2.25. The summed E-state index contributed by atoms with van der Waals surface area (Å²) in [5.41, 5.74) is 7.33. The van der Waals surface area contributed by atoms with Crippen LogP contribution in [0.5, 0.6) is 0 Å². The Morgan fingerprint density at radius 2 is 1.91 bits per heavy atom. The average molecular weight is 430 g/mol. The van der Waals surface area contributed by atoms with Crippen molar-refractivity contribution in [3.8, 4) is 0 Å². The number of benzene rings is 1. The van der Waals surface area contributed by atoms with Gasteiger partial charge in [-0.2, -0.15) is 0 Å². The van der Waals surface area contributed by atoms with Crippen LogP contribution in [0, 0.1) is 0 Å². The lowest BCUT2D eigenvalue weighted by molar-refractivity contribution is 1.11. The first-order valence-corrected chi connectivity index (χ1v) is 11.1. The minimum atomic E-state index is 0.716. The molecule has 0 atom stereocenters. The third-order valence-corrected chi connectivity index (χ3v) is 4.99. The molecule has 0 spiro atoms. The van der Waals surface area contributed by atoms with Gasteiger partial charge in [0.2, 0.25) is 0 Å². The lowest BCUT2D eigenvalue weighted by atomic mass is 10.0. The Morgan fingerprint density at radius 1 is 1.16 bits per heavy atom. The van der Waals surface area contributed by atoms with Crippen LogP contribution < -0.4 is 10.6 Å². The monoisotopic (exact) mass is 429 g/mol. The Bertz CT molecular complexity index is 1130. The van der Waals surface area contributed by atoms with E-state index >= 15 is 0 Å². The van der Waals surface area contributed by atoms with E-state index in [1.165, 1.54) is 5.57 Å². The SMILES string of the molecule is C=CC(/C=C(\C)c1cnc2c(Nc3cccc(NC)c3)nccn12)=C(/C)C/C=C\C.CC. The first-order chi connectivity index (χ1) is 15.6. The highest BCUT2D eigenvalue weighted by atomic mass is 15.1. The maximum Gasteiger partial charge on any atom is 0.180 e. The average Bonchev–Trinajstić information content (AvgIpc) is 3.27. The van der Waals surface area contributed by atoms with Crippen molar-refractivity contribution >= 4 is 28.4 Å². The van der Waals surface area contributed by atoms with Crippen LogP contribution in [0.3, 0.4) is 0 Å². The molecule has 32 heavy (non-hydrogen) atoms. The minimum Gasteiger partial charge on any atom is -0.388 e. The number of nitrogens with one attached hydrogen (secondary N) is 2. The van der Waals surface area contributed by atoms with Gasteiger partial charge in [-0.3, -0.25) is 4.40 Å². The molecule has 0 saturated carbocycles. The van der Waals surface area contributed by atoms with Gasteiger partial charge in [-0.25, -0.2) is 9.97 Å². The van der Waals surface area contributed by atoms with Crippen molar-refractivity contribution < 1.29 is 0 Å². The first-order valence-electron chi connectivity index (χ1n) is 11.1. The Morgan fingerprint density at radius 3 is 2.59 bits per heavy atom. The van der Waals surface area contributed by atoms with Gasteiger partial charge in [0.05, 0.1) is 11.9 Å². The predicted octanol–water partition coefficient (Wildman–Crippen LogP) is 7.41. The van der Waals surface area contributed by atoms with E-state index in [1.54, 1.807) is 6.20 Å². The van der Waals surface area contributed by atoms with Gasteiger partial charge >= 0.3 is 0 Å². The molecule has 0 bridgehead atoms. The molecule has 0 fully saturated rings. The number of hydrogen-bond acceptors (Lipinski definition) is 4. The smallest absolute Gasteiger partial charge is 0.180 e. The standard InChI is InChI=1S/C25H29N5.C2H6/c1-6-8-10-18(3)20(7-2)15-19(4)23-17-28-25-24(27-13-14-30(23)25)29-22-12-9-11-21(16-22)26-5;1-2/h6-9,11-17,26H,2,10H2,1,3-5H3,(H,27,29);1-2H3/b8-6-,19-15+,20-18+;. The summed E-state index contributed by atoms with van der Waals surface area (Å²) < 4.78 is 2.06. The molecule has 0 aliphatic carbocycles. The van der Waals surface area contributed by atoms with Crippen LogP contribution >= 0.6 is 0 Å². The van der Waals surface area contributed by atoms with Crippen LogP contribution in [0.15, 0.2) is 84.9 Å². The Balaban J connectivity index is 0.00000176. The lowest BCUT2D eigenvalue weighted by Crippen LogP contribution is -2.00. The normalized spacial score (nSPS) is 12.2. The molecule has 3 rings (SSSR count). The number of fused-ring (bicyclic) bond motifs is 1. The number of imidazole rings is 1. The minimum absolute atomic E-state index is 0.716. The number of hydrogen-bond donors (Lipinski definition) is 2. The third-order valence-electron chi connectivity index (χ3n) is 4.99. The number of nitrogens with zero attached hydrogens (tertiary/aromatic N) is 3. The second-order valence-corrected chi connectivity index (χ2v) is 7.11. The molecule has 0 aliphatic heterocycles. The van der Waals surface area contributed by atoms with Gasteiger partial charge in [-0.1, -0.05) is 50.3 Å². The zero-order valence-electron chi connectivity index (χ0n) is 20.1. The molecule has 0 saturated heterocycles. The van der Waals surface area contributed by atoms with Gasteiger partial charge in [0.15, 0.2) is 11.5 Å². The van der Waals surface area contributed by atoms with Gasteiger partial charge in [0.25, 0.3) is 0 Å².